The molecule has 112 valence electrons. The van der Waals surface area contributed by atoms with Crippen molar-refractivity contribution in [1.82, 2.24) is 9.62 Å². The van der Waals surface area contributed by atoms with Crippen LogP contribution in [0.4, 0.5) is 0 Å². The molecule has 1 aliphatic carbocycles. The minimum Gasteiger partial charge on any atom is -0.314 e. The van der Waals surface area contributed by atoms with Gasteiger partial charge in [-0.2, -0.15) is 0 Å². The zero-order valence-corrected chi connectivity index (χ0v) is 13.3. The van der Waals surface area contributed by atoms with Crippen LogP contribution in [0.1, 0.15) is 46.0 Å². The Balaban J connectivity index is 1.92. The normalized spacial score (nSPS) is 29.1. The van der Waals surface area contributed by atoms with Crippen LogP contribution in [0.2, 0.25) is 0 Å². The maximum Gasteiger partial charge on any atom is 0.211 e. The van der Waals surface area contributed by atoms with Crippen molar-refractivity contribution in [2.75, 3.05) is 25.9 Å². The van der Waals surface area contributed by atoms with Crippen LogP contribution in [0.25, 0.3) is 0 Å². The molecule has 5 heteroatoms. The molecule has 4 nitrogen and oxygen atoms in total. The maximum absolute atomic E-state index is 11.7. The summed E-state index contributed by atoms with van der Waals surface area (Å²) in [4.78, 5) is 0. The van der Waals surface area contributed by atoms with Crippen molar-refractivity contribution in [2.45, 2.75) is 52.0 Å². The zero-order chi connectivity index (χ0) is 14.1. The van der Waals surface area contributed by atoms with Crippen LogP contribution in [-0.4, -0.2) is 44.7 Å². The smallest absolute Gasteiger partial charge is 0.211 e. The Hall–Kier alpha value is -0.130. The molecule has 2 atom stereocenters. The van der Waals surface area contributed by atoms with E-state index in [1.54, 1.807) is 4.31 Å². The summed E-state index contributed by atoms with van der Waals surface area (Å²) in [6, 6.07) is 0.561. The molecule has 1 saturated heterocycles. The van der Waals surface area contributed by atoms with Gasteiger partial charge >= 0.3 is 0 Å². The van der Waals surface area contributed by atoms with Crippen LogP contribution in [-0.2, 0) is 10.0 Å². The predicted octanol–water partition coefficient (Wildman–Crippen LogP) is 1.83. The quantitative estimate of drug-likeness (QED) is 0.811. The Kier molecular flexibility index (Phi) is 4.58. The molecule has 0 bridgehead atoms. The molecule has 0 aromatic heterocycles. The van der Waals surface area contributed by atoms with Gasteiger partial charge in [0.1, 0.15) is 0 Å². The monoisotopic (exact) mass is 288 g/mol. The fourth-order valence-corrected chi connectivity index (χ4v) is 4.51. The first kappa shape index (κ1) is 15.3. The van der Waals surface area contributed by atoms with Gasteiger partial charge in [-0.25, -0.2) is 12.7 Å². The van der Waals surface area contributed by atoms with Gasteiger partial charge in [0.05, 0.1) is 6.26 Å². The Labute approximate surface area is 118 Å². The lowest BCUT2D eigenvalue weighted by atomic mass is 9.83. The fraction of sp³-hybridized carbons (Fsp3) is 1.00. The fourth-order valence-electron chi connectivity index (χ4n) is 3.57. The third-order valence-electron chi connectivity index (χ3n) is 4.97. The molecule has 2 unspecified atom stereocenters. The highest BCUT2D eigenvalue weighted by Crippen LogP contribution is 2.54. The van der Waals surface area contributed by atoms with Gasteiger partial charge in [0, 0.05) is 19.1 Å². The van der Waals surface area contributed by atoms with Crippen molar-refractivity contribution in [3.8, 4) is 0 Å². The molecule has 0 radical (unpaired) electrons. The minimum absolute atomic E-state index is 0.446. The molecule has 1 saturated carbocycles. The first-order valence-electron chi connectivity index (χ1n) is 7.56. The van der Waals surface area contributed by atoms with Crippen LogP contribution in [0, 0.1) is 11.3 Å². The van der Waals surface area contributed by atoms with Crippen molar-refractivity contribution < 1.29 is 8.42 Å². The Bertz CT molecular complexity index is 404. The Morgan fingerprint density at radius 3 is 2.63 bits per heavy atom. The standard InChI is InChI=1S/C14H28N2O2S/c1-4-15-12(2)14(7-8-14)10-13-6-5-9-16(11-13)19(3,17)18/h12-13,15H,4-11H2,1-3H3. The van der Waals surface area contributed by atoms with E-state index in [1.165, 1.54) is 31.9 Å². The molecule has 0 aromatic carbocycles. The summed E-state index contributed by atoms with van der Waals surface area (Å²) in [6.45, 7) is 6.90. The molecule has 1 heterocycles. The number of sulfonamides is 1. The van der Waals surface area contributed by atoms with E-state index in [0.29, 0.717) is 23.9 Å². The summed E-state index contributed by atoms with van der Waals surface area (Å²) in [7, 11) is -3.01. The van der Waals surface area contributed by atoms with Gasteiger partial charge in [0.25, 0.3) is 0 Å². The van der Waals surface area contributed by atoms with Crippen molar-refractivity contribution in [3.05, 3.63) is 0 Å². The van der Waals surface area contributed by atoms with E-state index in [4.69, 9.17) is 0 Å². The van der Waals surface area contributed by atoms with Gasteiger partial charge in [-0.15, -0.1) is 0 Å². The number of nitrogens with one attached hydrogen (secondary N) is 1. The highest BCUT2D eigenvalue weighted by atomic mass is 32.2. The molecule has 2 aliphatic rings. The third kappa shape index (κ3) is 3.70. The Morgan fingerprint density at radius 2 is 2.11 bits per heavy atom. The van der Waals surface area contributed by atoms with E-state index in [9.17, 15) is 8.42 Å². The van der Waals surface area contributed by atoms with Gasteiger partial charge in [-0.05, 0) is 56.9 Å². The molecule has 1 N–H and O–H groups in total. The Morgan fingerprint density at radius 1 is 1.42 bits per heavy atom. The maximum atomic E-state index is 11.7. The molecule has 0 spiro atoms. The van der Waals surface area contributed by atoms with E-state index in [0.717, 1.165) is 19.5 Å². The summed E-state index contributed by atoms with van der Waals surface area (Å²) in [6.07, 6.45) is 7.33. The van der Waals surface area contributed by atoms with E-state index in [-0.39, 0.29) is 0 Å². The van der Waals surface area contributed by atoms with Crippen LogP contribution in [0.15, 0.2) is 0 Å². The lowest BCUT2D eigenvalue weighted by molar-refractivity contribution is 0.201. The van der Waals surface area contributed by atoms with Crippen LogP contribution < -0.4 is 5.32 Å². The van der Waals surface area contributed by atoms with Crippen molar-refractivity contribution in [3.63, 3.8) is 0 Å². The van der Waals surface area contributed by atoms with Gasteiger partial charge in [-0.3, -0.25) is 0 Å². The van der Waals surface area contributed by atoms with Crippen LogP contribution in [0.5, 0.6) is 0 Å². The number of hydrogen-bond acceptors (Lipinski definition) is 3. The average Bonchev–Trinajstić information content (AvgIpc) is 3.10. The third-order valence-corrected chi connectivity index (χ3v) is 6.24. The van der Waals surface area contributed by atoms with Crippen molar-refractivity contribution in [1.29, 1.82) is 0 Å². The van der Waals surface area contributed by atoms with Crippen LogP contribution >= 0.6 is 0 Å². The zero-order valence-electron chi connectivity index (χ0n) is 12.5. The summed E-state index contributed by atoms with van der Waals surface area (Å²) in [5.74, 6) is 0.548. The summed E-state index contributed by atoms with van der Waals surface area (Å²) < 4.78 is 25.0. The van der Waals surface area contributed by atoms with Crippen molar-refractivity contribution >= 4 is 10.0 Å². The molecule has 19 heavy (non-hydrogen) atoms. The van der Waals surface area contributed by atoms with Gasteiger partial charge in [-0.1, -0.05) is 6.92 Å². The van der Waals surface area contributed by atoms with E-state index in [2.05, 4.69) is 19.2 Å². The molecule has 0 aromatic rings. The molecule has 2 rings (SSSR count). The van der Waals surface area contributed by atoms with Gasteiger partial charge in [0.2, 0.25) is 10.0 Å². The first-order valence-corrected chi connectivity index (χ1v) is 9.41. The topological polar surface area (TPSA) is 49.4 Å². The SMILES string of the molecule is CCNC(C)C1(CC2CCCN(S(C)(=O)=O)C2)CC1. The van der Waals surface area contributed by atoms with E-state index < -0.39 is 10.0 Å². The summed E-state index contributed by atoms with van der Waals surface area (Å²) in [5.41, 5.74) is 0.446. The van der Waals surface area contributed by atoms with Gasteiger partial charge in [0.15, 0.2) is 0 Å². The lowest BCUT2D eigenvalue weighted by Crippen LogP contribution is -2.42. The van der Waals surface area contributed by atoms with Crippen molar-refractivity contribution in [2.24, 2.45) is 11.3 Å². The summed E-state index contributed by atoms with van der Waals surface area (Å²) >= 11 is 0. The highest BCUT2D eigenvalue weighted by Gasteiger charge is 2.48. The largest absolute Gasteiger partial charge is 0.314 e. The van der Waals surface area contributed by atoms with E-state index in [1.807, 2.05) is 0 Å². The lowest BCUT2D eigenvalue weighted by Gasteiger charge is -2.35. The first-order chi connectivity index (χ1) is 8.87. The number of nitrogens with zero attached hydrogens (tertiary/aromatic N) is 1. The highest BCUT2D eigenvalue weighted by molar-refractivity contribution is 7.88. The van der Waals surface area contributed by atoms with E-state index >= 15 is 0 Å². The second-order valence-electron chi connectivity index (χ2n) is 6.48. The van der Waals surface area contributed by atoms with Gasteiger partial charge < -0.3 is 5.32 Å². The molecule has 2 fully saturated rings. The molecular weight excluding hydrogens is 260 g/mol. The second kappa shape index (κ2) is 5.70. The predicted molar refractivity (Wildman–Crippen MR) is 78.6 cm³/mol. The molecule has 0 amide bonds. The average molecular weight is 288 g/mol. The number of piperidine rings is 1. The minimum atomic E-state index is -3.01. The molecular formula is C14H28N2O2S. The second-order valence-corrected chi connectivity index (χ2v) is 8.46. The number of hydrogen-bond donors (Lipinski definition) is 1. The van der Waals surface area contributed by atoms with Crippen LogP contribution in [0.3, 0.4) is 0 Å². The summed E-state index contributed by atoms with van der Waals surface area (Å²) in [5, 5.41) is 3.55. The molecule has 1 aliphatic heterocycles. The number of rotatable bonds is 6.